The average molecular weight is 505 g/mol. The van der Waals surface area contributed by atoms with E-state index in [2.05, 4.69) is 22.4 Å². The number of carbonyl (C=O) groups is 2. The molecular formula is C27H21ClN2O4S. The number of carbonyl (C=O) groups excluding carboxylic acids is 1. The predicted molar refractivity (Wildman–Crippen MR) is 136 cm³/mol. The molecule has 176 valence electrons. The van der Waals surface area contributed by atoms with Crippen molar-refractivity contribution in [2.45, 2.75) is 18.4 Å². The van der Waals surface area contributed by atoms with Crippen LogP contribution in [0.15, 0.2) is 78.4 Å². The van der Waals surface area contributed by atoms with Gasteiger partial charge in [-0.3, -0.25) is 4.98 Å². The number of nitrogens with one attached hydrogen (secondary N) is 1. The van der Waals surface area contributed by atoms with E-state index in [1.54, 1.807) is 23.8 Å². The van der Waals surface area contributed by atoms with Gasteiger partial charge in [0.2, 0.25) is 0 Å². The van der Waals surface area contributed by atoms with E-state index >= 15 is 0 Å². The molecule has 6 nitrogen and oxygen atoms in total. The molecule has 0 fully saturated rings. The molecule has 4 aromatic rings. The zero-order chi connectivity index (χ0) is 24.4. The van der Waals surface area contributed by atoms with Crippen LogP contribution in [0.4, 0.5) is 4.79 Å². The number of rotatable bonds is 7. The van der Waals surface area contributed by atoms with Gasteiger partial charge < -0.3 is 15.2 Å². The number of hydrogen-bond donors (Lipinski definition) is 2. The number of ether oxygens (including phenoxy) is 1. The van der Waals surface area contributed by atoms with Crippen LogP contribution < -0.4 is 5.32 Å². The molecule has 1 aliphatic rings. The fraction of sp³-hybridized carbons (Fsp3) is 0.148. The third-order valence-corrected chi connectivity index (χ3v) is 7.16. The molecule has 2 N–H and O–H groups in total. The van der Waals surface area contributed by atoms with Crippen LogP contribution in [-0.2, 0) is 16.0 Å². The summed E-state index contributed by atoms with van der Waals surface area (Å²) in [5, 5.41) is 12.8. The SMILES string of the molecule is O=C(N[C@@H](Cc1cc(Cl)ccc1-c1cncs1)C(=O)O)OCC1c2ccccc2-c2ccccc21. The lowest BCUT2D eigenvalue weighted by atomic mass is 9.98. The van der Waals surface area contributed by atoms with Gasteiger partial charge in [0.1, 0.15) is 12.6 Å². The summed E-state index contributed by atoms with van der Waals surface area (Å²) in [4.78, 5) is 29.7. The molecule has 35 heavy (non-hydrogen) atoms. The van der Waals surface area contributed by atoms with Gasteiger partial charge in [-0.05, 0) is 45.5 Å². The number of benzene rings is 3. The van der Waals surface area contributed by atoms with Crippen molar-refractivity contribution in [3.8, 4) is 21.6 Å². The summed E-state index contributed by atoms with van der Waals surface area (Å²) in [6.45, 7) is 0.107. The molecule has 1 heterocycles. The summed E-state index contributed by atoms with van der Waals surface area (Å²) in [5.41, 5.74) is 7.66. The van der Waals surface area contributed by atoms with Gasteiger partial charge >= 0.3 is 12.1 Å². The third-order valence-electron chi connectivity index (χ3n) is 6.12. The number of nitrogens with zero attached hydrogens (tertiary/aromatic N) is 1. The molecule has 1 aliphatic carbocycles. The minimum Gasteiger partial charge on any atom is -0.480 e. The summed E-state index contributed by atoms with van der Waals surface area (Å²) < 4.78 is 5.54. The van der Waals surface area contributed by atoms with Crippen molar-refractivity contribution in [1.29, 1.82) is 0 Å². The van der Waals surface area contributed by atoms with E-state index in [9.17, 15) is 14.7 Å². The fourth-order valence-electron chi connectivity index (χ4n) is 4.52. The summed E-state index contributed by atoms with van der Waals surface area (Å²) >= 11 is 7.62. The standard InChI is InChI=1S/C27H21ClN2O4S/c28-17-9-10-18(25-13-29-15-35-25)16(11-17)12-24(26(31)32)30-27(33)34-14-23-21-7-3-1-5-19(21)20-6-2-4-8-22(20)23/h1-11,13,15,23-24H,12,14H2,(H,30,33)(H,31,32)/t24-/m0/s1. The van der Waals surface area contributed by atoms with Crippen LogP contribution in [0.2, 0.25) is 5.02 Å². The maximum Gasteiger partial charge on any atom is 0.407 e. The highest BCUT2D eigenvalue weighted by atomic mass is 35.5. The Morgan fingerprint density at radius 2 is 1.71 bits per heavy atom. The Hall–Kier alpha value is -3.68. The molecule has 0 aliphatic heterocycles. The number of aromatic nitrogens is 1. The van der Waals surface area contributed by atoms with Crippen molar-refractivity contribution in [2.24, 2.45) is 0 Å². The van der Waals surface area contributed by atoms with Crippen LogP contribution in [0.25, 0.3) is 21.6 Å². The Bertz CT molecular complexity index is 1340. The number of carboxylic acid groups (broad SMARTS) is 1. The van der Waals surface area contributed by atoms with Crippen molar-refractivity contribution in [3.05, 3.63) is 100 Å². The van der Waals surface area contributed by atoms with E-state index < -0.39 is 18.1 Å². The Morgan fingerprint density at radius 3 is 2.34 bits per heavy atom. The molecule has 5 rings (SSSR count). The third kappa shape index (κ3) is 4.78. The van der Waals surface area contributed by atoms with Crippen LogP contribution in [0.5, 0.6) is 0 Å². The number of amides is 1. The van der Waals surface area contributed by atoms with E-state index in [4.69, 9.17) is 16.3 Å². The number of hydrogen-bond acceptors (Lipinski definition) is 5. The zero-order valence-corrected chi connectivity index (χ0v) is 20.1. The van der Waals surface area contributed by atoms with Crippen LogP contribution in [0.3, 0.4) is 0 Å². The topological polar surface area (TPSA) is 88.5 Å². The fourth-order valence-corrected chi connectivity index (χ4v) is 5.40. The Labute approximate surface area is 211 Å². The number of aliphatic carboxylic acids is 1. The van der Waals surface area contributed by atoms with Crippen molar-refractivity contribution >= 4 is 35.0 Å². The average Bonchev–Trinajstić information content (AvgIpc) is 3.49. The molecule has 3 aromatic carbocycles. The largest absolute Gasteiger partial charge is 0.480 e. The first-order valence-corrected chi connectivity index (χ1v) is 12.3. The maximum atomic E-state index is 12.7. The van der Waals surface area contributed by atoms with Crippen LogP contribution >= 0.6 is 22.9 Å². The highest BCUT2D eigenvalue weighted by Crippen LogP contribution is 2.44. The number of thiazole rings is 1. The first-order valence-electron chi connectivity index (χ1n) is 11.0. The first-order chi connectivity index (χ1) is 17.0. The van der Waals surface area contributed by atoms with Crippen LogP contribution in [-0.4, -0.2) is 34.8 Å². The molecule has 8 heteroatoms. The molecule has 1 amide bonds. The Kier molecular flexibility index (Phi) is 6.53. The number of alkyl carbamates (subject to hydrolysis) is 1. The number of carboxylic acids is 1. The lowest BCUT2D eigenvalue weighted by molar-refractivity contribution is -0.139. The second kappa shape index (κ2) is 9.90. The van der Waals surface area contributed by atoms with Crippen LogP contribution in [0, 0.1) is 0 Å². The summed E-state index contributed by atoms with van der Waals surface area (Å²) in [6.07, 6.45) is 0.986. The Morgan fingerprint density at radius 1 is 1.03 bits per heavy atom. The van der Waals surface area contributed by atoms with Gasteiger partial charge in [0.05, 0.1) is 10.4 Å². The number of fused-ring (bicyclic) bond motifs is 3. The molecule has 0 saturated carbocycles. The normalized spacial score (nSPS) is 13.1. The second-order valence-electron chi connectivity index (χ2n) is 8.23. The van der Waals surface area contributed by atoms with E-state index in [0.29, 0.717) is 10.6 Å². The van der Waals surface area contributed by atoms with Crippen molar-refractivity contribution in [2.75, 3.05) is 6.61 Å². The van der Waals surface area contributed by atoms with E-state index in [1.807, 2.05) is 42.5 Å². The monoisotopic (exact) mass is 504 g/mol. The van der Waals surface area contributed by atoms with E-state index in [-0.39, 0.29) is 18.9 Å². The zero-order valence-electron chi connectivity index (χ0n) is 18.5. The van der Waals surface area contributed by atoms with Gasteiger partial charge in [-0.2, -0.15) is 0 Å². The van der Waals surface area contributed by atoms with Gasteiger partial charge in [0.25, 0.3) is 0 Å². The highest BCUT2D eigenvalue weighted by molar-refractivity contribution is 7.13. The molecular weight excluding hydrogens is 484 g/mol. The van der Waals surface area contributed by atoms with Crippen molar-refractivity contribution in [1.82, 2.24) is 10.3 Å². The molecule has 1 atom stereocenters. The molecule has 0 radical (unpaired) electrons. The van der Waals surface area contributed by atoms with Gasteiger partial charge in [0.15, 0.2) is 0 Å². The minimum atomic E-state index is -1.18. The molecule has 0 unspecified atom stereocenters. The van der Waals surface area contributed by atoms with Gasteiger partial charge in [0, 0.05) is 23.6 Å². The lowest BCUT2D eigenvalue weighted by Crippen LogP contribution is -2.43. The smallest absolute Gasteiger partial charge is 0.407 e. The summed E-state index contributed by atoms with van der Waals surface area (Å²) in [6, 6.07) is 20.2. The van der Waals surface area contributed by atoms with Crippen molar-refractivity contribution in [3.63, 3.8) is 0 Å². The highest BCUT2D eigenvalue weighted by Gasteiger charge is 2.30. The van der Waals surface area contributed by atoms with E-state index in [0.717, 1.165) is 32.7 Å². The van der Waals surface area contributed by atoms with E-state index in [1.165, 1.54) is 11.3 Å². The summed E-state index contributed by atoms with van der Waals surface area (Å²) in [5.74, 6) is -1.27. The van der Waals surface area contributed by atoms with Crippen LogP contribution in [0.1, 0.15) is 22.6 Å². The lowest BCUT2D eigenvalue weighted by Gasteiger charge is -2.18. The molecule has 1 aromatic heterocycles. The second-order valence-corrected chi connectivity index (χ2v) is 9.55. The Balaban J connectivity index is 1.30. The van der Waals surface area contributed by atoms with Gasteiger partial charge in [-0.1, -0.05) is 66.2 Å². The molecule has 0 bridgehead atoms. The quantitative estimate of drug-likeness (QED) is 0.322. The minimum absolute atomic E-state index is 0.0489. The summed E-state index contributed by atoms with van der Waals surface area (Å²) in [7, 11) is 0. The molecule has 0 saturated heterocycles. The number of halogens is 1. The van der Waals surface area contributed by atoms with Gasteiger partial charge in [-0.25, -0.2) is 9.59 Å². The first kappa shape index (κ1) is 23.1. The molecule has 0 spiro atoms. The predicted octanol–water partition coefficient (Wildman–Crippen LogP) is 6.00. The van der Waals surface area contributed by atoms with Gasteiger partial charge in [-0.15, -0.1) is 11.3 Å². The maximum absolute atomic E-state index is 12.7. The van der Waals surface area contributed by atoms with Crippen molar-refractivity contribution < 1.29 is 19.4 Å².